The van der Waals surface area contributed by atoms with Gasteiger partial charge in [-0.3, -0.25) is 10.1 Å². The molecule has 1 amide bonds. The van der Waals surface area contributed by atoms with E-state index in [2.05, 4.69) is 23.3 Å². The van der Waals surface area contributed by atoms with Crippen LogP contribution in [-0.2, 0) is 9.53 Å². The summed E-state index contributed by atoms with van der Waals surface area (Å²) in [6, 6.07) is 4.11. The molecule has 0 saturated heterocycles. The van der Waals surface area contributed by atoms with E-state index in [0.29, 0.717) is 5.13 Å². The summed E-state index contributed by atoms with van der Waals surface area (Å²) in [7, 11) is 0. The summed E-state index contributed by atoms with van der Waals surface area (Å²) >= 11 is 3.12. The Bertz CT molecular complexity index is 560. The van der Waals surface area contributed by atoms with Crippen molar-refractivity contribution in [2.75, 3.05) is 11.9 Å². The number of thiophene rings is 1. The largest absolute Gasteiger partial charge is 0.369 e. The van der Waals surface area contributed by atoms with Gasteiger partial charge in [-0.15, -0.1) is 22.7 Å². The van der Waals surface area contributed by atoms with Crippen molar-refractivity contribution in [3.05, 3.63) is 22.4 Å². The van der Waals surface area contributed by atoms with Gasteiger partial charge >= 0.3 is 0 Å². The Labute approximate surface area is 120 Å². The molecule has 0 fully saturated rings. The standard InChI is InChI=1S/C13H16N2O2S2/c1-8(2)17-6-12(16)15-13-14-10(7-18-13)11-5-4-9(3)19-11/h4-5,7-8H,6H2,1-3H3,(H,14,15,16). The number of carbonyl (C=O) groups is 1. The third-order valence-corrected chi connectivity index (χ3v) is 4.07. The number of thiazole rings is 1. The molecule has 2 heterocycles. The fourth-order valence-electron chi connectivity index (χ4n) is 1.41. The van der Waals surface area contributed by atoms with E-state index in [9.17, 15) is 4.79 Å². The van der Waals surface area contributed by atoms with Gasteiger partial charge in [0.15, 0.2) is 5.13 Å². The summed E-state index contributed by atoms with van der Waals surface area (Å²) < 4.78 is 5.24. The average molecular weight is 296 g/mol. The summed E-state index contributed by atoms with van der Waals surface area (Å²) in [4.78, 5) is 18.4. The van der Waals surface area contributed by atoms with Crippen LogP contribution in [0.3, 0.4) is 0 Å². The van der Waals surface area contributed by atoms with E-state index in [4.69, 9.17) is 4.74 Å². The van der Waals surface area contributed by atoms with Crippen LogP contribution < -0.4 is 5.32 Å². The van der Waals surface area contributed by atoms with Crippen molar-refractivity contribution in [1.82, 2.24) is 4.98 Å². The van der Waals surface area contributed by atoms with E-state index in [0.717, 1.165) is 10.6 Å². The number of hydrogen-bond donors (Lipinski definition) is 1. The highest BCUT2D eigenvalue weighted by Gasteiger charge is 2.09. The van der Waals surface area contributed by atoms with Gasteiger partial charge in [-0.1, -0.05) is 0 Å². The van der Waals surface area contributed by atoms with Gasteiger partial charge in [0.05, 0.1) is 16.7 Å². The summed E-state index contributed by atoms with van der Waals surface area (Å²) in [6.07, 6.45) is 0.0479. The molecule has 0 radical (unpaired) electrons. The molecule has 19 heavy (non-hydrogen) atoms. The smallest absolute Gasteiger partial charge is 0.252 e. The van der Waals surface area contributed by atoms with Crippen LogP contribution in [0.25, 0.3) is 10.6 Å². The Kier molecular flexibility index (Phi) is 4.68. The monoisotopic (exact) mass is 296 g/mol. The molecule has 2 rings (SSSR count). The first-order valence-electron chi connectivity index (χ1n) is 5.98. The molecular formula is C13H16N2O2S2. The van der Waals surface area contributed by atoms with E-state index >= 15 is 0 Å². The Hall–Kier alpha value is -1.24. The van der Waals surface area contributed by atoms with Crippen LogP contribution in [0.15, 0.2) is 17.5 Å². The quantitative estimate of drug-likeness (QED) is 0.918. The lowest BCUT2D eigenvalue weighted by Crippen LogP contribution is -2.20. The van der Waals surface area contributed by atoms with Crippen LogP contribution in [0, 0.1) is 6.92 Å². The topological polar surface area (TPSA) is 51.2 Å². The maximum Gasteiger partial charge on any atom is 0.252 e. The van der Waals surface area contributed by atoms with Crippen molar-refractivity contribution < 1.29 is 9.53 Å². The lowest BCUT2D eigenvalue weighted by atomic mass is 10.4. The summed E-state index contributed by atoms with van der Waals surface area (Å²) in [5.74, 6) is -0.169. The molecule has 0 aromatic carbocycles. The van der Waals surface area contributed by atoms with E-state index in [1.54, 1.807) is 11.3 Å². The predicted octanol–water partition coefficient (Wildman–Crippen LogP) is 3.54. The Balaban J connectivity index is 1.96. The van der Waals surface area contributed by atoms with Crippen molar-refractivity contribution in [2.45, 2.75) is 26.9 Å². The molecule has 102 valence electrons. The maximum absolute atomic E-state index is 11.6. The van der Waals surface area contributed by atoms with Crippen molar-refractivity contribution in [3.8, 4) is 10.6 Å². The number of aromatic nitrogens is 1. The molecule has 0 atom stereocenters. The van der Waals surface area contributed by atoms with Gasteiger partial charge in [0.2, 0.25) is 0 Å². The highest BCUT2D eigenvalue weighted by molar-refractivity contribution is 7.17. The zero-order chi connectivity index (χ0) is 13.8. The second-order valence-electron chi connectivity index (χ2n) is 4.36. The first kappa shape index (κ1) is 14.2. The van der Waals surface area contributed by atoms with Gasteiger partial charge < -0.3 is 4.74 Å². The van der Waals surface area contributed by atoms with Crippen LogP contribution >= 0.6 is 22.7 Å². The Morgan fingerprint density at radius 2 is 2.26 bits per heavy atom. The third-order valence-electron chi connectivity index (χ3n) is 2.29. The highest BCUT2D eigenvalue weighted by atomic mass is 32.1. The van der Waals surface area contributed by atoms with Gasteiger partial charge in [0, 0.05) is 10.3 Å². The molecule has 0 bridgehead atoms. The number of amides is 1. The van der Waals surface area contributed by atoms with Gasteiger partial charge in [-0.2, -0.15) is 0 Å². The molecule has 0 saturated carbocycles. The van der Waals surface area contributed by atoms with Crippen molar-refractivity contribution in [1.29, 1.82) is 0 Å². The van der Waals surface area contributed by atoms with E-state index in [1.165, 1.54) is 16.2 Å². The molecular weight excluding hydrogens is 280 g/mol. The van der Waals surface area contributed by atoms with E-state index < -0.39 is 0 Å². The molecule has 2 aromatic heterocycles. The van der Waals surface area contributed by atoms with Crippen LogP contribution in [0.1, 0.15) is 18.7 Å². The normalized spacial score (nSPS) is 10.9. The second-order valence-corrected chi connectivity index (χ2v) is 6.50. The molecule has 0 unspecified atom stereocenters. The van der Waals surface area contributed by atoms with Gasteiger partial charge in [-0.25, -0.2) is 4.98 Å². The molecule has 2 aromatic rings. The van der Waals surface area contributed by atoms with Crippen molar-refractivity contribution in [2.24, 2.45) is 0 Å². The molecule has 1 N–H and O–H groups in total. The van der Waals surface area contributed by atoms with Crippen molar-refractivity contribution >= 4 is 33.7 Å². The van der Waals surface area contributed by atoms with Gasteiger partial charge in [-0.05, 0) is 32.9 Å². The fourth-order valence-corrected chi connectivity index (χ4v) is 3.04. The first-order valence-corrected chi connectivity index (χ1v) is 7.68. The number of rotatable bonds is 5. The SMILES string of the molecule is Cc1ccc(-c2csc(NC(=O)COC(C)C)n2)s1. The number of carbonyl (C=O) groups excluding carboxylic acids is 1. The molecule has 0 spiro atoms. The van der Waals surface area contributed by atoms with Crippen LogP contribution in [-0.4, -0.2) is 23.6 Å². The summed E-state index contributed by atoms with van der Waals surface area (Å²) in [6.45, 7) is 5.92. The Morgan fingerprint density at radius 1 is 1.47 bits per heavy atom. The number of aryl methyl sites for hydroxylation is 1. The van der Waals surface area contributed by atoms with E-state index in [1.807, 2.05) is 25.3 Å². The number of anilines is 1. The first-order chi connectivity index (χ1) is 9.04. The maximum atomic E-state index is 11.6. The minimum Gasteiger partial charge on any atom is -0.369 e. The average Bonchev–Trinajstić information content (AvgIpc) is 2.95. The minimum atomic E-state index is -0.169. The van der Waals surface area contributed by atoms with Crippen molar-refractivity contribution in [3.63, 3.8) is 0 Å². The molecule has 6 heteroatoms. The van der Waals surface area contributed by atoms with Gasteiger partial charge in [0.1, 0.15) is 6.61 Å². The van der Waals surface area contributed by atoms with E-state index in [-0.39, 0.29) is 18.6 Å². The Morgan fingerprint density at radius 3 is 2.89 bits per heavy atom. The lowest BCUT2D eigenvalue weighted by molar-refractivity contribution is -0.121. The minimum absolute atomic E-state index is 0.0479. The van der Waals surface area contributed by atoms with Crippen LogP contribution in [0.5, 0.6) is 0 Å². The lowest BCUT2D eigenvalue weighted by Gasteiger charge is -2.06. The molecule has 0 aliphatic rings. The van der Waals surface area contributed by atoms with Crippen LogP contribution in [0.2, 0.25) is 0 Å². The second kappa shape index (κ2) is 6.27. The zero-order valence-electron chi connectivity index (χ0n) is 11.1. The molecule has 4 nitrogen and oxygen atoms in total. The highest BCUT2D eigenvalue weighted by Crippen LogP contribution is 2.30. The van der Waals surface area contributed by atoms with Gasteiger partial charge in [0.25, 0.3) is 5.91 Å². The number of nitrogens with zero attached hydrogens (tertiary/aromatic N) is 1. The fraction of sp³-hybridized carbons (Fsp3) is 0.385. The third kappa shape index (κ3) is 4.12. The zero-order valence-corrected chi connectivity index (χ0v) is 12.7. The summed E-state index contributed by atoms with van der Waals surface area (Å²) in [5.41, 5.74) is 0.906. The number of ether oxygens (including phenoxy) is 1. The number of nitrogens with one attached hydrogen (secondary N) is 1. The molecule has 0 aliphatic heterocycles. The van der Waals surface area contributed by atoms with Crippen LogP contribution in [0.4, 0.5) is 5.13 Å². The number of hydrogen-bond acceptors (Lipinski definition) is 5. The molecule has 0 aliphatic carbocycles. The predicted molar refractivity (Wildman–Crippen MR) is 79.9 cm³/mol. The summed E-state index contributed by atoms with van der Waals surface area (Å²) in [5, 5.41) is 5.30.